The zero-order chi connectivity index (χ0) is 16.6. The lowest BCUT2D eigenvalue weighted by atomic mass is 10.1. The number of anilines is 1. The summed E-state index contributed by atoms with van der Waals surface area (Å²) in [7, 11) is 1.91. The minimum Gasteiger partial charge on any atom is -1.00 e. The summed E-state index contributed by atoms with van der Waals surface area (Å²) in [6.45, 7) is 1.80. The molecule has 0 N–H and O–H groups in total. The second kappa shape index (κ2) is 7.47. The summed E-state index contributed by atoms with van der Waals surface area (Å²) < 4.78 is 1.90. The number of rotatable bonds is 3. The van der Waals surface area contributed by atoms with E-state index in [4.69, 9.17) is 0 Å². The predicted molar refractivity (Wildman–Crippen MR) is 88.1 cm³/mol. The van der Waals surface area contributed by atoms with Gasteiger partial charge in [0.05, 0.1) is 10.7 Å². The fourth-order valence-electron chi connectivity index (χ4n) is 2.67. The van der Waals surface area contributed by atoms with Crippen LogP contribution >= 0.6 is 11.8 Å². The molecule has 0 saturated carbocycles. The van der Waals surface area contributed by atoms with Crippen LogP contribution in [0.5, 0.6) is 0 Å². The van der Waals surface area contributed by atoms with E-state index in [2.05, 4.69) is 0 Å². The standard InChI is InChI=1S/C16H16N3O3S.HI/c1-11-5-6-13(14(8-11)19(21)22)18-15(20)10-23-16(18)12-4-3-7-17(2)9-12;/h3-9,16H,10H2,1-2H3;1H/q+1;/p-1. The molecule has 126 valence electrons. The van der Waals surface area contributed by atoms with Gasteiger partial charge in [-0.15, -0.1) is 11.8 Å². The quantitative estimate of drug-likeness (QED) is 0.270. The van der Waals surface area contributed by atoms with Crippen LogP contribution in [0.1, 0.15) is 16.5 Å². The Hall–Kier alpha value is -1.68. The van der Waals surface area contributed by atoms with E-state index in [0.29, 0.717) is 11.4 Å². The second-order valence-corrected chi connectivity index (χ2v) is 6.55. The van der Waals surface area contributed by atoms with E-state index in [9.17, 15) is 14.9 Å². The van der Waals surface area contributed by atoms with Crippen molar-refractivity contribution in [3.8, 4) is 0 Å². The number of hydrogen-bond acceptors (Lipinski definition) is 4. The van der Waals surface area contributed by atoms with E-state index in [1.165, 1.54) is 22.7 Å². The van der Waals surface area contributed by atoms with Gasteiger partial charge in [-0.25, -0.2) is 4.57 Å². The smallest absolute Gasteiger partial charge is 0.293 e. The number of carbonyl (C=O) groups excluding carboxylic acids is 1. The maximum Gasteiger partial charge on any atom is 0.293 e. The van der Waals surface area contributed by atoms with Crippen LogP contribution in [-0.4, -0.2) is 16.6 Å². The molecule has 0 bridgehead atoms. The number of aromatic nitrogens is 1. The molecular formula is C16H16IN3O3S. The highest BCUT2D eigenvalue weighted by Gasteiger charge is 2.38. The van der Waals surface area contributed by atoms with Gasteiger partial charge < -0.3 is 24.0 Å². The SMILES string of the molecule is Cc1ccc(N2C(=O)CSC2c2ccc[n+](C)c2)c([N+](=O)[O-])c1.[I-]. The number of thioether (sulfide) groups is 1. The number of nitrogens with zero attached hydrogens (tertiary/aromatic N) is 3. The summed E-state index contributed by atoms with van der Waals surface area (Å²) in [5.74, 6) is 0.201. The van der Waals surface area contributed by atoms with Crippen LogP contribution in [0.3, 0.4) is 0 Å². The molecule has 2 heterocycles. The summed E-state index contributed by atoms with van der Waals surface area (Å²) in [6.07, 6.45) is 3.84. The maximum absolute atomic E-state index is 12.4. The van der Waals surface area contributed by atoms with Crippen molar-refractivity contribution in [1.82, 2.24) is 0 Å². The highest BCUT2D eigenvalue weighted by atomic mass is 127. The van der Waals surface area contributed by atoms with Crippen molar-refractivity contribution in [1.29, 1.82) is 0 Å². The number of benzene rings is 1. The van der Waals surface area contributed by atoms with Crippen LogP contribution in [0.2, 0.25) is 0 Å². The van der Waals surface area contributed by atoms with E-state index in [1.807, 2.05) is 36.1 Å². The highest BCUT2D eigenvalue weighted by molar-refractivity contribution is 8.00. The van der Waals surface area contributed by atoms with Crippen LogP contribution in [-0.2, 0) is 11.8 Å². The van der Waals surface area contributed by atoms with Crippen molar-refractivity contribution in [2.45, 2.75) is 12.3 Å². The van der Waals surface area contributed by atoms with Gasteiger partial charge in [0, 0.05) is 17.7 Å². The lowest BCUT2D eigenvalue weighted by Gasteiger charge is -2.23. The first-order valence-corrected chi connectivity index (χ1v) is 8.16. The van der Waals surface area contributed by atoms with Crippen molar-refractivity contribution in [3.05, 3.63) is 64.0 Å². The van der Waals surface area contributed by atoms with Gasteiger partial charge >= 0.3 is 0 Å². The number of carbonyl (C=O) groups is 1. The largest absolute Gasteiger partial charge is 1.00 e. The Labute approximate surface area is 161 Å². The number of pyridine rings is 1. The number of amides is 1. The lowest BCUT2D eigenvalue weighted by Crippen LogP contribution is -3.00. The Bertz CT molecular complexity index is 800. The minimum absolute atomic E-state index is 0. The molecule has 6 nitrogen and oxygen atoms in total. The summed E-state index contributed by atoms with van der Waals surface area (Å²) in [6, 6.07) is 8.80. The van der Waals surface area contributed by atoms with E-state index < -0.39 is 4.92 Å². The van der Waals surface area contributed by atoms with E-state index in [-0.39, 0.29) is 40.9 Å². The molecule has 1 saturated heterocycles. The zero-order valence-electron chi connectivity index (χ0n) is 13.2. The first-order valence-electron chi connectivity index (χ1n) is 7.11. The van der Waals surface area contributed by atoms with Crippen LogP contribution in [0.4, 0.5) is 11.4 Å². The molecular weight excluding hydrogens is 441 g/mol. The fraction of sp³-hybridized carbons (Fsp3) is 0.250. The van der Waals surface area contributed by atoms with Gasteiger partial charge in [-0.3, -0.25) is 19.8 Å². The molecule has 0 radical (unpaired) electrons. The average molecular weight is 457 g/mol. The monoisotopic (exact) mass is 457 g/mol. The molecule has 0 aliphatic carbocycles. The zero-order valence-corrected chi connectivity index (χ0v) is 16.2. The van der Waals surface area contributed by atoms with Gasteiger partial charge in [0.15, 0.2) is 12.4 Å². The number of hydrogen-bond donors (Lipinski definition) is 0. The third-order valence-corrected chi connectivity index (χ3v) is 4.92. The molecule has 24 heavy (non-hydrogen) atoms. The molecule has 3 rings (SSSR count). The Morgan fingerprint density at radius 2 is 2.12 bits per heavy atom. The Morgan fingerprint density at radius 1 is 1.38 bits per heavy atom. The van der Waals surface area contributed by atoms with Crippen LogP contribution in [0.25, 0.3) is 0 Å². The van der Waals surface area contributed by atoms with E-state index >= 15 is 0 Å². The summed E-state index contributed by atoms with van der Waals surface area (Å²) >= 11 is 1.48. The topological polar surface area (TPSA) is 67.3 Å². The minimum atomic E-state index is -0.430. The molecule has 1 amide bonds. The van der Waals surface area contributed by atoms with Gasteiger partial charge in [-0.2, -0.15) is 0 Å². The number of nitro benzene ring substituents is 1. The first-order chi connectivity index (χ1) is 11.0. The molecule has 1 atom stereocenters. The van der Waals surface area contributed by atoms with Crippen molar-refractivity contribution in [3.63, 3.8) is 0 Å². The third kappa shape index (κ3) is 3.54. The molecule has 1 aromatic carbocycles. The van der Waals surface area contributed by atoms with E-state index in [0.717, 1.165) is 11.1 Å². The van der Waals surface area contributed by atoms with Crippen molar-refractivity contribution in [2.75, 3.05) is 10.7 Å². The number of aryl methyl sites for hydroxylation is 2. The Morgan fingerprint density at radius 3 is 2.79 bits per heavy atom. The van der Waals surface area contributed by atoms with Crippen molar-refractivity contribution >= 4 is 29.0 Å². The molecule has 8 heteroatoms. The van der Waals surface area contributed by atoms with Crippen LogP contribution in [0, 0.1) is 17.0 Å². The summed E-state index contributed by atoms with van der Waals surface area (Å²) in [5, 5.41) is 11.1. The van der Waals surface area contributed by atoms with Crippen LogP contribution in [0.15, 0.2) is 42.7 Å². The predicted octanol–water partition coefficient (Wildman–Crippen LogP) is -0.490. The summed E-state index contributed by atoms with van der Waals surface area (Å²) in [4.78, 5) is 24.9. The van der Waals surface area contributed by atoms with Gasteiger partial charge in [0.2, 0.25) is 5.91 Å². The highest BCUT2D eigenvalue weighted by Crippen LogP contribution is 2.44. The summed E-state index contributed by atoms with van der Waals surface area (Å²) in [5.41, 5.74) is 2.06. The molecule has 2 aromatic rings. The third-order valence-electron chi connectivity index (χ3n) is 3.70. The molecule has 1 aliphatic rings. The van der Waals surface area contributed by atoms with Gasteiger partial charge in [-0.05, 0) is 24.6 Å². The fourth-order valence-corrected chi connectivity index (χ4v) is 3.82. The second-order valence-electron chi connectivity index (χ2n) is 5.48. The molecule has 1 fully saturated rings. The van der Waals surface area contributed by atoms with Gasteiger partial charge in [0.1, 0.15) is 18.1 Å². The molecule has 0 spiro atoms. The number of halogens is 1. The van der Waals surface area contributed by atoms with Crippen molar-refractivity contribution < 1.29 is 38.3 Å². The Balaban J connectivity index is 0.00000208. The van der Waals surface area contributed by atoms with E-state index in [1.54, 1.807) is 19.1 Å². The van der Waals surface area contributed by atoms with Crippen LogP contribution < -0.4 is 33.4 Å². The van der Waals surface area contributed by atoms with Crippen molar-refractivity contribution in [2.24, 2.45) is 7.05 Å². The Kier molecular flexibility index (Phi) is 5.81. The first kappa shape index (κ1) is 18.7. The van der Waals surface area contributed by atoms with Gasteiger partial charge in [-0.1, -0.05) is 6.07 Å². The molecule has 1 aromatic heterocycles. The maximum atomic E-state index is 12.4. The van der Waals surface area contributed by atoms with Gasteiger partial charge in [0.25, 0.3) is 5.69 Å². The number of nitro groups is 1. The average Bonchev–Trinajstić information content (AvgIpc) is 2.89. The molecule has 1 unspecified atom stereocenters. The normalized spacial score (nSPS) is 16.8. The molecule has 1 aliphatic heterocycles. The lowest BCUT2D eigenvalue weighted by molar-refractivity contribution is -0.671.